The number of carboxylic acid groups (broad SMARTS) is 2. The molecule has 0 bridgehead atoms. The van der Waals surface area contributed by atoms with E-state index in [4.69, 9.17) is 17.2 Å². The molecule has 62 heavy (non-hydrogen) atoms. The normalized spacial score (nSPS) is 19.4. The fourth-order valence-electron chi connectivity index (χ4n) is 7.31. The van der Waals surface area contributed by atoms with E-state index in [0.717, 1.165) is 0 Å². The molecule has 14 N–H and O–H groups in total. The van der Waals surface area contributed by atoms with E-state index < -0.39 is 108 Å². The molecular formula is C40H62N10O12. The van der Waals surface area contributed by atoms with Gasteiger partial charge >= 0.3 is 11.9 Å². The number of nitrogens with one attached hydrogen (secondary N) is 4. The molecule has 0 aliphatic carbocycles. The van der Waals surface area contributed by atoms with Gasteiger partial charge in [0.1, 0.15) is 48.0 Å². The molecule has 0 saturated carbocycles. The Morgan fingerprint density at radius 1 is 0.790 bits per heavy atom. The minimum atomic E-state index is -1.42. The van der Waals surface area contributed by atoms with Crippen LogP contribution in [0.25, 0.3) is 0 Å². The van der Waals surface area contributed by atoms with Crippen LogP contribution in [-0.2, 0) is 44.8 Å². The van der Waals surface area contributed by atoms with E-state index in [-0.39, 0.29) is 69.9 Å². The number of aliphatic hydroxyl groups excluding tert-OH is 1. The van der Waals surface area contributed by atoms with E-state index in [1.54, 1.807) is 13.8 Å². The molecular weight excluding hydrogens is 812 g/mol. The number of aliphatic imine (C=N–C) groups is 1. The molecule has 2 aliphatic rings. The number of benzene rings is 1. The Labute approximate surface area is 359 Å². The minimum Gasteiger partial charge on any atom is -0.508 e. The Hall–Kier alpha value is -6.03. The highest BCUT2D eigenvalue weighted by Gasteiger charge is 2.42. The third-order valence-electron chi connectivity index (χ3n) is 11.1. The average molecular weight is 875 g/mol. The fourth-order valence-corrected chi connectivity index (χ4v) is 7.31. The summed E-state index contributed by atoms with van der Waals surface area (Å²) in [5.74, 6) is -7.64. The highest BCUT2D eigenvalue weighted by Crippen LogP contribution is 2.24. The van der Waals surface area contributed by atoms with Crippen LogP contribution in [-0.4, -0.2) is 152 Å². The molecule has 0 aromatic heterocycles. The fraction of sp³-hybridized carbons (Fsp3) is 0.625. The molecule has 1 aromatic rings. The average Bonchev–Trinajstić information content (AvgIpc) is 3.93. The topological polar surface area (TPSA) is 362 Å². The summed E-state index contributed by atoms with van der Waals surface area (Å²) in [5, 5.41) is 49.0. The number of carbonyl (C=O) groups excluding carboxylic acids is 6. The zero-order valence-electron chi connectivity index (χ0n) is 35.3. The molecule has 3 rings (SSSR count). The number of phenolic OH excluding ortho intramolecular Hbond substituents is 1. The lowest BCUT2D eigenvalue weighted by molar-refractivity contribution is -0.146. The van der Waals surface area contributed by atoms with Gasteiger partial charge in [-0.25, -0.2) is 4.79 Å². The van der Waals surface area contributed by atoms with E-state index in [9.17, 15) is 58.8 Å². The monoisotopic (exact) mass is 874 g/mol. The maximum Gasteiger partial charge on any atom is 0.326 e. The zero-order chi connectivity index (χ0) is 46.3. The third-order valence-corrected chi connectivity index (χ3v) is 11.1. The van der Waals surface area contributed by atoms with Gasteiger partial charge in [0, 0.05) is 32.5 Å². The van der Waals surface area contributed by atoms with E-state index in [1.807, 2.05) is 0 Å². The Morgan fingerprint density at radius 2 is 1.35 bits per heavy atom. The lowest BCUT2D eigenvalue weighted by Crippen LogP contribution is -2.60. The number of guanidine groups is 1. The number of carboxylic acids is 2. The van der Waals surface area contributed by atoms with Crippen LogP contribution >= 0.6 is 0 Å². The second kappa shape index (κ2) is 23.8. The second-order valence-corrected chi connectivity index (χ2v) is 15.8. The first-order valence-electron chi connectivity index (χ1n) is 20.8. The van der Waals surface area contributed by atoms with Crippen molar-refractivity contribution < 1.29 is 58.8 Å². The van der Waals surface area contributed by atoms with Gasteiger partial charge in [0.15, 0.2) is 5.96 Å². The summed E-state index contributed by atoms with van der Waals surface area (Å²) in [7, 11) is 0. The number of hydrogen-bond acceptors (Lipinski definition) is 12. The Bertz CT molecular complexity index is 1790. The molecule has 2 heterocycles. The van der Waals surface area contributed by atoms with Crippen molar-refractivity contribution in [3.05, 3.63) is 29.8 Å². The van der Waals surface area contributed by atoms with E-state index in [1.165, 1.54) is 41.0 Å². The van der Waals surface area contributed by atoms with Crippen molar-refractivity contribution in [3.8, 4) is 5.75 Å². The van der Waals surface area contributed by atoms with Crippen molar-refractivity contribution in [2.24, 2.45) is 28.1 Å². The van der Waals surface area contributed by atoms with Crippen LogP contribution in [0.15, 0.2) is 29.3 Å². The summed E-state index contributed by atoms with van der Waals surface area (Å²) in [6, 6.07) is -2.95. The van der Waals surface area contributed by atoms with Crippen molar-refractivity contribution in [3.63, 3.8) is 0 Å². The van der Waals surface area contributed by atoms with Crippen molar-refractivity contribution in [2.45, 2.75) is 133 Å². The molecule has 0 spiro atoms. The van der Waals surface area contributed by atoms with Gasteiger partial charge in [-0.05, 0) is 75.5 Å². The van der Waals surface area contributed by atoms with Crippen LogP contribution in [0.2, 0.25) is 0 Å². The van der Waals surface area contributed by atoms with E-state index in [2.05, 4.69) is 26.3 Å². The molecule has 0 unspecified atom stereocenters. The number of nitrogens with two attached hydrogens (primary N) is 3. The highest BCUT2D eigenvalue weighted by atomic mass is 16.4. The summed E-state index contributed by atoms with van der Waals surface area (Å²) in [4.78, 5) is 113. The van der Waals surface area contributed by atoms with E-state index in [0.29, 0.717) is 24.8 Å². The van der Waals surface area contributed by atoms with Crippen molar-refractivity contribution >= 4 is 53.3 Å². The molecule has 2 fully saturated rings. The molecule has 6 amide bonds. The predicted molar refractivity (Wildman–Crippen MR) is 223 cm³/mol. The zero-order valence-corrected chi connectivity index (χ0v) is 35.3. The number of aliphatic hydroxyl groups is 1. The number of hydrogen-bond donors (Lipinski definition) is 11. The predicted octanol–water partition coefficient (Wildman–Crippen LogP) is -2.39. The number of rotatable bonds is 23. The third kappa shape index (κ3) is 14.6. The Balaban J connectivity index is 1.82. The first kappa shape index (κ1) is 50.3. The number of aromatic hydroxyl groups is 1. The number of carbonyl (C=O) groups is 8. The van der Waals surface area contributed by atoms with Crippen LogP contribution in [0.4, 0.5) is 0 Å². The van der Waals surface area contributed by atoms with Crippen molar-refractivity contribution in [2.75, 3.05) is 19.6 Å². The van der Waals surface area contributed by atoms with Crippen LogP contribution in [0.1, 0.15) is 84.1 Å². The number of phenols is 1. The summed E-state index contributed by atoms with van der Waals surface area (Å²) in [6.07, 6.45) is -0.435. The lowest BCUT2D eigenvalue weighted by atomic mass is 9.96. The maximum atomic E-state index is 14.3. The smallest absolute Gasteiger partial charge is 0.326 e. The SMILES string of the molecule is CC[C@H](C)[C@H](NC(=O)[C@H](CCCN=C(N)N)NC(=O)[C@@H]1CCCN1C(=O)[C@H](CCC(=O)O)NC(=O)[C@@H](N)[C@@H](C)O)C(=O)N1CCC[C@H]1C(=O)N[C@@H](Cc1ccc(O)cc1)C(=O)O. The lowest BCUT2D eigenvalue weighted by Gasteiger charge is -2.33. The Morgan fingerprint density at radius 3 is 1.87 bits per heavy atom. The molecule has 9 atom stereocenters. The molecule has 22 heteroatoms. The van der Waals surface area contributed by atoms with Gasteiger partial charge in [-0.15, -0.1) is 0 Å². The number of aliphatic carboxylic acids is 2. The first-order chi connectivity index (χ1) is 29.2. The van der Waals surface area contributed by atoms with Gasteiger partial charge in [-0.3, -0.25) is 38.6 Å². The van der Waals surface area contributed by atoms with Gasteiger partial charge in [0.25, 0.3) is 0 Å². The summed E-state index contributed by atoms with van der Waals surface area (Å²) in [5.41, 5.74) is 17.2. The molecule has 344 valence electrons. The standard InChI is InChI=1S/C40H62N10O12/c1-4-21(2)32(38(60)50-19-7-10-29(50)35(57)47-27(39(61)62)20-23-11-13-24(52)14-12-23)48-33(55)25(8-5-17-44-40(42)43)45-34(56)28-9-6-18-49(28)37(59)26(15-16-30(53)54)46-36(58)31(41)22(3)51/h11-14,21-22,25-29,31-32,51-52H,4-10,15-20,41H2,1-3H3,(H,45,56)(H,46,58)(H,47,57)(H,48,55)(H,53,54)(H,61,62)(H4,42,43,44)/t21-,22+,25-,26-,27-,28-,29-,31-,32-/m0/s1. The summed E-state index contributed by atoms with van der Waals surface area (Å²) in [6.45, 7) is 5.11. The Kier molecular flexibility index (Phi) is 19.3. The van der Waals surface area contributed by atoms with Crippen LogP contribution in [0.5, 0.6) is 5.75 Å². The van der Waals surface area contributed by atoms with Gasteiger partial charge in [0.05, 0.1) is 6.10 Å². The summed E-state index contributed by atoms with van der Waals surface area (Å²) < 4.78 is 0. The van der Waals surface area contributed by atoms with Crippen LogP contribution in [0, 0.1) is 5.92 Å². The highest BCUT2D eigenvalue weighted by molar-refractivity contribution is 5.97. The van der Waals surface area contributed by atoms with Crippen molar-refractivity contribution in [1.29, 1.82) is 0 Å². The van der Waals surface area contributed by atoms with Crippen LogP contribution in [0.3, 0.4) is 0 Å². The summed E-state index contributed by atoms with van der Waals surface area (Å²) >= 11 is 0. The molecule has 2 aliphatic heterocycles. The van der Waals surface area contributed by atoms with Crippen molar-refractivity contribution in [1.82, 2.24) is 31.1 Å². The van der Waals surface area contributed by atoms with Crippen LogP contribution < -0.4 is 38.5 Å². The molecule has 1 aromatic carbocycles. The largest absolute Gasteiger partial charge is 0.508 e. The molecule has 2 saturated heterocycles. The number of likely N-dealkylation sites (tertiary alicyclic amines) is 2. The minimum absolute atomic E-state index is 0.00990. The molecule has 0 radical (unpaired) electrons. The molecule has 22 nitrogen and oxygen atoms in total. The van der Waals surface area contributed by atoms with Gasteiger partial charge < -0.3 is 68.7 Å². The number of nitrogens with zero attached hydrogens (tertiary/aromatic N) is 3. The van der Waals surface area contributed by atoms with Gasteiger partial charge in [-0.1, -0.05) is 32.4 Å². The second-order valence-electron chi connectivity index (χ2n) is 15.8. The van der Waals surface area contributed by atoms with E-state index >= 15 is 0 Å². The first-order valence-corrected chi connectivity index (χ1v) is 20.8. The maximum absolute atomic E-state index is 14.3. The van der Waals surface area contributed by atoms with Gasteiger partial charge in [-0.2, -0.15) is 0 Å². The quantitative estimate of drug-likeness (QED) is 0.0311. The van der Waals surface area contributed by atoms with Gasteiger partial charge in [0.2, 0.25) is 35.4 Å². The number of amides is 6.